The second-order valence-corrected chi connectivity index (χ2v) is 8.59. The molecule has 144 valence electrons. The van der Waals surface area contributed by atoms with Crippen LogP contribution >= 0.6 is 0 Å². The summed E-state index contributed by atoms with van der Waals surface area (Å²) >= 11 is 0. The molecule has 27 heavy (non-hydrogen) atoms. The van der Waals surface area contributed by atoms with E-state index >= 15 is 0 Å². The first-order chi connectivity index (χ1) is 12.8. The quantitative estimate of drug-likeness (QED) is 0.735. The Kier molecular flexibility index (Phi) is 5.45. The lowest BCUT2D eigenvalue weighted by Crippen LogP contribution is -2.37. The maximum Gasteiger partial charge on any atom is 0.255 e. The molecule has 3 N–H and O–H groups in total. The van der Waals surface area contributed by atoms with Crippen molar-refractivity contribution in [1.82, 2.24) is 0 Å². The molecule has 2 aromatic rings. The van der Waals surface area contributed by atoms with Crippen molar-refractivity contribution >= 4 is 23.0 Å². The fourth-order valence-electron chi connectivity index (χ4n) is 3.67. The zero-order chi connectivity index (χ0) is 19.6. The number of nitrogens with zero attached hydrogens (tertiary/aromatic N) is 1. The van der Waals surface area contributed by atoms with Gasteiger partial charge in [-0.1, -0.05) is 32.9 Å². The third-order valence-corrected chi connectivity index (χ3v) is 5.41. The molecule has 1 amide bonds. The highest BCUT2D eigenvalue weighted by molar-refractivity contribution is 6.04. The van der Waals surface area contributed by atoms with Gasteiger partial charge in [-0.3, -0.25) is 4.79 Å². The minimum absolute atomic E-state index is 0.0743. The normalized spacial score (nSPS) is 17.6. The number of anilines is 3. The number of carbonyl (C=O) groups is 1. The highest BCUT2D eigenvalue weighted by Gasteiger charge is 2.20. The molecule has 1 fully saturated rings. The molecule has 4 heteroatoms. The Morgan fingerprint density at radius 3 is 2.41 bits per heavy atom. The lowest BCUT2D eigenvalue weighted by Gasteiger charge is -2.36. The van der Waals surface area contributed by atoms with E-state index in [1.54, 1.807) is 0 Å². The van der Waals surface area contributed by atoms with Gasteiger partial charge in [0.2, 0.25) is 0 Å². The van der Waals surface area contributed by atoms with Crippen molar-refractivity contribution in [3.63, 3.8) is 0 Å². The molecule has 1 heterocycles. The highest BCUT2D eigenvalue weighted by Crippen LogP contribution is 2.31. The third-order valence-electron chi connectivity index (χ3n) is 5.41. The molecule has 0 aliphatic carbocycles. The van der Waals surface area contributed by atoms with E-state index in [1.165, 1.54) is 24.8 Å². The van der Waals surface area contributed by atoms with Crippen molar-refractivity contribution in [3.05, 3.63) is 53.6 Å². The second-order valence-electron chi connectivity index (χ2n) is 8.59. The minimum Gasteiger partial charge on any atom is -0.397 e. The van der Waals surface area contributed by atoms with Gasteiger partial charge in [-0.25, -0.2) is 0 Å². The van der Waals surface area contributed by atoms with Gasteiger partial charge in [-0.2, -0.15) is 0 Å². The fraction of sp³-hybridized carbons (Fsp3) is 0.435. The predicted octanol–water partition coefficient (Wildman–Crippen LogP) is 5.20. The number of benzene rings is 2. The van der Waals surface area contributed by atoms with Crippen molar-refractivity contribution in [2.45, 2.75) is 58.4 Å². The van der Waals surface area contributed by atoms with Crippen molar-refractivity contribution < 1.29 is 4.79 Å². The van der Waals surface area contributed by atoms with Gasteiger partial charge in [-0.15, -0.1) is 0 Å². The number of hydrogen-bond acceptors (Lipinski definition) is 3. The Bertz CT molecular complexity index is 805. The molecule has 0 radical (unpaired) electrons. The molecule has 1 aliphatic rings. The van der Waals surface area contributed by atoms with E-state index in [4.69, 9.17) is 5.73 Å². The third kappa shape index (κ3) is 4.44. The first kappa shape index (κ1) is 19.3. The van der Waals surface area contributed by atoms with E-state index in [9.17, 15) is 4.79 Å². The molecule has 0 aromatic heterocycles. The lowest BCUT2D eigenvalue weighted by atomic mass is 9.87. The monoisotopic (exact) mass is 365 g/mol. The summed E-state index contributed by atoms with van der Waals surface area (Å²) in [4.78, 5) is 14.9. The number of piperidine rings is 1. The highest BCUT2D eigenvalue weighted by atomic mass is 16.1. The van der Waals surface area contributed by atoms with Crippen LogP contribution in [0.2, 0.25) is 0 Å². The molecule has 1 atom stereocenters. The summed E-state index contributed by atoms with van der Waals surface area (Å²) in [7, 11) is 0. The number of nitrogens with two attached hydrogens (primary N) is 1. The van der Waals surface area contributed by atoms with Crippen LogP contribution in [-0.4, -0.2) is 18.5 Å². The SMILES string of the molecule is CC1CCCCN1c1ccc(NC(=O)c2ccc(C(C)(C)C)cc2)cc1N. The number of nitrogen functional groups attached to an aromatic ring is 1. The van der Waals surface area contributed by atoms with Gasteiger partial charge in [0, 0.05) is 23.8 Å². The molecule has 0 bridgehead atoms. The molecular weight excluding hydrogens is 334 g/mol. The summed E-state index contributed by atoms with van der Waals surface area (Å²) < 4.78 is 0. The zero-order valence-corrected chi connectivity index (χ0v) is 16.9. The van der Waals surface area contributed by atoms with E-state index in [1.807, 2.05) is 42.5 Å². The summed E-state index contributed by atoms with van der Waals surface area (Å²) in [5.74, 6) is -0.117. The first-order valence-corrected chi connectivity index (χ1v) is 9.84. The zero-order valence-electron chi connectivity index (χ0n) is 16.9. The van der Waals surface area contributed by atoms with Gasteiger partial charge < -0.3 is 16.0 Å². The number of amides is 1. The van der Waals surface area contributed by atoms with Crippen LogP contribution in [0.15, 0.2) is 42.5 Å². The predicted molar refractivity (Wildman–Crippen MR) is 115 cm³/mol. The van der Waals surface area contributed by atoms with Crippen LogP contribution in [0.25, 0.3) is 0 Å². The van der Waals surface area contributed by atoms with Gasteiger partial charge in [-0.05, 0) is 67.5 Å². The topological polar surface area (TPSA) is 58.4 Å². The van der Waals surface area contributed by atoms with Gasteiger partial charge >= 0.3 is 0 Å². The Labute approximate surface area is 162 Å². The summed E-state index contributed by atoms with van der Waals surface area (Å²) in [6.45, 7) is 9.77. The van der Waals surface area contributed by atoms with Gasteiger partial charge in [0.25, 0.3) is 5.91 Å². The molecule has 4 nitrogen and oxygen atoms in total. The molecule has 2 aromatic carbocycles. The number of nitrogens with one attached hydrogen (secondary N) is 1. The van der Waals surface area contributed by atoms with Gasteiger partial charge in [0.1, 0.15) is 0 Å². The van der Waals surface area contributed by atoms with Crippen LogP contribution in [0.5, 0.6) is 0 Å². The van der Waals surface area contributed by atoms with Crippen molar-refractivity contribution in [2.24, 2.45) is 0 Å². The van der Waals surface area contributed by atoms with Crippen LogP contribution in [-0.2, 0) is 5.41 Å². The summed E-state index contributed by atoms with van der Waals surface area (Å²) in [6, 6.07) is 14.1. The Balaban J connectivity index is 1.72. The average Bonchev–Trinajstić information content (AvgIpc) is 2.62. The van der Waals surface area contributed by atoms with Crippen molar-refractivity contribution in [2.75, 3.05) is 22.5 Å². The molecular formula is C23H31N3O. The van der Waals surface area contributed by atoms with E-state index in [-0.39, 0.29) is 11.3 Å². The minimum atomic E-state index is -0.117. The Morgan fingerprint density at radius 1 is 1.11 bits per heavy atom. The number of carbonyl (C=O) groups excluding carboxylic acids is 1. The Morgan fingerprint density at radius 2 is 1.81 bits per heavy atom. The maximum atomic E-state index is 12.6. The summed E-state index contributed by atoms with van der Waals surface area (Å²) in [5, 5.41) is 2.96. The largest absolute Gasteiger partial charge is 0.397 e. The van der Waals surface area contributed by atoms with Crippen LogP contribution in [0.4, 0.5) is 17.1 Å². The molecule has 1 unspecified atom stereocenters. The summed E-state index contributed by atoms with van der Waals surface area (Å²) in [5.41, 5.74) is 10.7. The first-order valence-electron chi connectivity index (χ1n) is 9.84. The average molecular weight is 366 g/mol. The van der Waals surface area contributed by atoms with Crippen LogP contribution in [0.1, 0.15) is 62.9 Å². The smallest absolute Gasteiger partial charge is 0.255 e. The number of rotatable bonds is 3. The second kappa shape index (κ2) is 7.63. The van der Waals surface area contributed by atoms with Gasteiger partial charge in [0.05, 0.1) is 11.4 Å². The van der Waals surface area contributed by atoms with Crippen LogP contribution in [0.3, 0.4) is 0 Å². The van der Waals surface area contributed by atoms with E-state index in [0.29, 0.717) is 17.3 Å². The summed E-state index contributed by atoms with van der Waals surface area (Å²) in [6.07, 6.45) is 3.68. The Hall–Kier alpha value is -2.49. The maximum absolute atomic E-state index is 12.6. The number of hydrogen-bond donors (Lipinski definition) is 2. The molecule has 1 saturated heterocycles. The molecule has 0 spiro atoms. The molecule has 0 saturated carbocycles. The van der Waals surface area contributed by atoms with E-state index in [0.717, 1.165) is 17.9 Å². The fourth-order valence-corrected chi connectivity index (χ4v) is 3.67. The lowest BCUT2D eigenvalue weighted by molar-refractivity contribution is 0.102. The standard InChI is InChI=1S/C23H31N3O/c1-16-7-5-6-14-26(16)21-13-12-19(15-20(21)24)25-22(27)17-8-10-18(11-9-17)23(2,3)4/h8-13,15-16H,5-7,14,24H2,1-4H3,(H,25,27). The van der Waals surface area contributed by atoms with Crippen molar-refractivity contribution in [1.29, 1.82) is 0 Å². The molecule has 3 rings (SSSR count). The molecule has 1 aliphatic heterocycles. The van der Waals surface area contributed by atoms with E-state index in [2.05, 4.69) is 37.9 Å². The van der Waals surface area contributed by atoms with E-state index < -0.39 is 0 Å². The van der Waals surface area contributed by atoms with Crippen LogP contribution in [0, 0.1) is 0 Å². The van der Waals surface area contributed by atoms with Crippen molar-refractivity contribution in [3.8, 4) is 0 Å². The van der Waals surface area contributed by atoms with Crippen LogP contribution < -0.4 is 16.0 Å². The van der Waals surface area contributed by atoms with Gasteiger partial charge in [0.15, 0.2) is 0 Å².